The third-order valence-electron chi connectivity index (χ3n) is 3.17. The van der Waals surface area contributed by atoms with Crippen molar-refractivity contribution in [1.82, 2.24) is 10.3 Å². The number of hydrogen-bond donors (Lipinski definition) is 2. The fourth-order valence-corrected chi connectivity index (χ4v) is 2.32. The van der Waals surface area contributed by atoms with E-state index in [1.54, 1.807) is 12.1 Å². The fourth-order valence-electron chi connectivity index (χ4n) is 2.13. The maximum Gasteiger partial charge on any atom is 0.268 e. The molecule has 0 aliphatic rings. The molecule has 1 aromatic heterocycles. The van der Waals surface area contributed by atoms with E-state index in [0.29, 0.717) is 10.7 Å². The van der Waals surface area contributed by atoms with Gasteiger partial charge < -0.3 is 10.3 Å². The van der Waals surface area contributed by atoms with Crippen LogP contribution in [0.4, 0.5) is 0 Å². The van der Waals surface area contributed by atoms with Gasteiger partial charge in [0.15, 0.2) is 0 Å². The van der Waals surface area contributed by atoms with Gasteiger partial charge in [-0.3, -0.25) is 4.79 Å². The van der Waals surface area contributed by atoms with E-state index in [1.165, 1.54) is 0 Å². The molecule has 0 spiro atoms. The van der Waals surface area contributed by atoms with Crippen molar-refractivity contribution in [1.29, 1.82) is 0 Å². The molecule has 0 saturated carbocycles. The summed E-state index contributed by atoms with van der Waals surface area (Å²) >= 11 is 5.89. The highest BCUT2D eigenvalue weighted by atomic mass is 35.5. The fraction of sp³-hybridized carbons (Fsp3) is 0.0556. The molecular weight excluding hydrogens is 296 g/mol. The lowest BCUT2D eigenvalue weighted by molar-refractivity contribution is 0.0954. The molecule has 0 unspecified atom stereocenters. The number of nitrogens with one attached hydrogen (secondary N) is 2. The van der Waals surface area contributed by atoms with Crippen molar-refractivity contribution in [2.75, 3.05) is 6.54 Å². The summed E-state index contributed by atoms with van der Waals surface area (Å²) < 4.78 is 0. The van der Waals surface area contributed by atoms with E-state index in [9.17, 15) is 4.79 Å². The molecule has 0 aliphatic heterocycles. The second kappa shape index (κ2) is 6.38. The lowest BCUT2D eigenvalue weighted by Gasteiger charge is -1.97. The zero-order valence-corrected chi connectivity index (χ0v) is 12.4. The Morgan fingerprint density at radius 3 is 2.82 bits per heavy atom. The van der Waals surface area contributed by atoms with Gasteiger partial charge in [-0.1, -0.05) is 47.7 Å². The quantitative estimate of drug-likeness (QED) is 0.698. The largest absolute Gasteiger partial charge is 0.351 e. The van der Waals surface area contributed by atoms with Gasteiger partial charge >= 0.3 is 0 Å². The van der Waals surface area contributed by atoms with E-state index in [2.05, 4.69) is 22.1 Å². The lowest BCUT2D eigenvalue weighted by Crippen LogP contribution is -2.23. The SMILES string of the molecule is O=C(NCC#Cc1cccc(Cl)c1)c1cc2ccccc2[nH]1. The summed E-state index contributed by atoms with van der Waals surface area (Å²) in [5, 5.41) is 4.43. The Kier molecular flexibility index (Phi) is 4.13. The van der Waals surface area contributed by atoms with Crippen LogP contribution in [0.25, 0.3) is 10.9 Å². The molecule has 0 bridgehead atoms. The van der Waals surface area contributed by atoms with Crippen LogP contribution in [-0.4, -0.2) is 17.4 Å². The van der Waals surface area contributed by atoms with Gasteiger partial charge in [-0.2, -0.15) is 0 Å². The van der Waals surface area contributed by atoms with Crippen LogP contribution >= 0.6 is 11.6 Å². The molecule has 0 fully saturated rings. The van der Waals surface area contributed by atoms with Gasteiger partial charge in [-0.25, -0.2) is 0 Å². The molecule has 1 amide bonds. The topological polar surface area (TPSA) is 44.9 Å². The van der Waals surface area contributed by atoms with Gasteiger partial charge in [0.25, 0.3) is 5.91 Å². The van der Waals surface area contributed by atoms with E-state index in [-0.39, 0.29) is 12.5 Å². The predicted octanol–water partition coefficient (Wildman–Crippen LogP) is 3.60. The molecule has 2 aromatic carbocycles. The van der Waals surface area contributed by atoms with Crippen molar-refractivity contribution < 1.29 is 4.79 Å². The van der Waals surface area contributed by atoms with Crippen molar-refractivity contribution in [2.24, 2.45) is 0 Å². The number of H-pyrrole nitrogens is 1. The van der Waals surface area contributed by atoms with Gasteiger partial charge in [0, 0.05) is 21.5 Å². The molecule has 1 heterocycles. The average molecular weight is 309 g/mol. The van der Waals surface area contributed by atoms with Crippen molar-refractivity contribution >= 4 is 28.4 Å². The van der Waals surface area contributed by atoms with Crippen LogP contribution in [-0.2, 0) is 0 Å². The van der Waals surface area contributed by atoms with Gasteiger partial charge in [0.1, 0.15) is 5.69 Å². The number of benzene rings is 2. The standard InChI is InChI=1S/C18H13ClN2O/c19-15-8-3-5-13(11-15)6-4-10-20-18(22)17-12-14-7-1-2-9-16(14)21-17/h1-3,5,7-9,11-12,21H,10H2,(H,20,22). The van der Waals surface area contributed by atoms with Crippen molar-refractivity contribution in [3.05, 3.63) is 70.9 Å². The lowest BCUT2D eigenvalue weighted by atomic mass is 10.2. The molecule has 108 valence electrons. The molecule has 3 nitrogen and oxygen atoms in total. The number of rotatable bonds is 2. The Bertz CT molecular complexity index is 853. The van der Waals surface area contributed by atoms with Crippen LogP contribution in [0.3, 0.4) is 0 Å². The first-order valence-electron chi connectivity index (χ1n) is 6.83. The number of aromatic amines is 1. The molecule has 0 saturated heterocycles. The molecule has 22 heavy (non-hydrogen) atoms. The van der Waals surface area contributed by atoms with Crippen molar-refractivity contribution in [2.45, 2.75) is 0 Å². The van der Waals surface area contributed by atoms with Crippen LogP contribution in [0.5, 0.6) is 0 Å². The van der Waals surface area contributed by atoms with Crippen LogP contribution in [0.15, 0.2) is 54.6 Å². The van der Waals surface area contributed by atoms with Gasteiger partial charge in [0.05, 0.1) is 6.54 Å². The maximum atomic E-state index is 12.0. The third-order valence-corrected chi connectivity index (χ3v) is 3.40. The van der Waals surface area contributed by atoms with E-state index < -0.39 is 0 Å². The zero-order chi connectivity index (χ0) is 15.4. The average Bonchev–Trinajstić information content (AvgIpc) is 2.95. The minimum Gasteiger partial charge on any atom is -0.351 e. The summed E-state index contributed by atoms with van der Waals surface area (Å²) in [4.78, 5) is 15.1. The summed E-state index contributed by atoms with van der Waals surface area (Å²) in [6, 6.07) is 16.9. The van der Waals surface area contributed by atoms with E-state index >= 15 is 0 Å². The highest BCUT2D eigenvalue weighted by Gasteiger charge is 2.07. The molecular formula is C18H13ClN2O. The molecule has 3 rings (SSSR count). The molecule has 2 N–H and O–H groups in total. The Labute approximate surface area is 133 Å². The van der Waals surface area contributed by atoms with Crippen LogP contribution in [0.2, 0.25) is 5.02 Å². The summed E-state index contributed by atoms with van der Waals surface area (Å²) in [6.45, 7) is 0.278. The van der Waals surface area contributed by atoms with Gasteiger partial charge in [-0.05, 0) is 30.3 Å². The number of aromatic nitrogens is 1. The normalized spacial score (nSPS) is 10.0. The molecule has 0 aliphatic carbocycles. The minimum absolute atomic E-state index is 0.170. The van der Waals surface area contributed by atoms with Gasteiger partial charge in [0.2, 0.25) is 0 Å². The van der Waals surface area contributed by atoms with Crippen LogP contribution < -0.4 is 5.32 Å². The molecule has 3 aromatic rings. The molecule has 0 atom stereocenters. The molecule has 4 heteroatoms. The predicted molar refractivity (Wildman–Crippen MR) is 89.0 cm³/mol. The first-order valence-corrected chi connectivity index (χ1v) is 7.20. The highest BCUT2D eigenvalue weighted by molar-refractivity contribution is 6.30. The minimum atomic E-state index is -0.170. The third kappa shape index (κ3) is 3.30. The summed E-state index contributed by atoms with van der Waals surface area (Å²) in [5.74, 6) is 5.70. The first-order chi connectivity index (χ1) is 10.7. The Morgan fingerprint density at radius 2 is 2.00 bits per heavy atom. The number of carbonyl (C=O) groups is 1. The number of carbonyl (C=O) groups excluding carboxylic acids is 1. The Morgan fingerprint density at radius 1 is 1.14 bits per heavy atom. The highest BCUT2D eigenvalue weighted by Crippen LogP contribution is 2.14. The second-order valence-corrected chi connectivity index (χ2v) is 5.20. The van der Waals surface area contributed by atoms with Crippen LogP contribution in [0.1, 0.15) is 16.1 Å². The van der Waals surface area contributed by atoms with E-state index in [1.807, 2.05) is 42.5 Å². The summed E-state index contributed by atoms with van der Waals surface area (Å²) in [5.41, 5.74) is 2.30. The number of hydrogen-bond acceptors (Lipinski definition) is 1. The van der Waals surface area contributed by atoms with Crippen molar-refractivity contribution in [3.8, 4) is 11.8 Å². The number of fused-ring (bicyclic) bond motifs is 1. The zero-order valence-electron chi connectivity index (χ0n) is 11.7. The summed E-state index contributed by atoms with van der Waals surface area (Å²) in [6.07, 6.45) is 0. The molecule has 0 radical (unpaired) electrons. The first kappa shape index (κ1) is 14.2. The van der Waals surface area contributed by atoms with Crippen LogP contribution in [0, 0.1) is 11.8 Å². The van der Waals surface area contributed by atoms with Crippen molar-refractivity contribution in [3.63, 3.8) is 0 Å². The van der Waals surface area contributed by atoms with E-state index in [0.717, 1.165) is 16.5 Å². The number of para-hydroxylation sites is 1. The van der Waals surface area contributed by atoms with E-state index in [4.69, 9.17) is 11.6 Å². The smallest absolute Gasteiger partial charge is 0.268 e. The second-order valence-electron chi connectivity index (χ2n) is 4.77. The number of amides is 1. The summed E-state index contributed by atoms with van der Waals surface area (Å²) in [7, 11) is 0. The number of halogens is 1. The Hall–Kier alpha value is -2.70. The van der Waals surface area contributed by atoms with Gasteiger partial charge in [-0.15, -0.1) is 0 Å². The maximum absolute atomic E-state index is 12.0. The Balaban J connectivity index is 1.63. The monoisotopic (exact) mass is 308 g/mol.